The number of nitrogens with one attached hydrogen (secondary N) is 1. The van der Waals surface area contributed by atoms with Gasteiger partial charge in [0.2, 0.25) is 5.56 Å². The third kappa shape index (κ3) is 2.42. The number of aromatic amines is 1. The van der Waals surface area contributed by atoms with E-state index in [1.54, 1.807) is 0 Å². The summed E-state index contributed by atoms with van der Waals surface area (Å²) < 4.78 is 51.0. The molecule has 0 fully saturated rings. The minimum atomic E-state index is -4.56. The fourth-order valence-corrected chi connectivity index (χ4v) is 1.51. The number of benzene rings is 1. The van der Waals surface area contributed by atoms with Crippen molar-refractivity contribution in [1.82, 2.24) is 4.98 Å². The molecule has 1 heterocycles. The van der Waals surface area contributed by atoms with Crippen LogP contribution in [0.2, 0.25) is 0 Å². The number of halogens is 4. The van der Waals surface area contributed by atoms with Gasteiger partial charge >= 0.3 is 6.18 Å². The number of hydrogen-bond donors (Lipinski definition) is 1. The zero-order valence-electron chi connectivity index (χ0n) is 8.88. The largest absolute Gasteiger partial charge is 0.416 e. The first kappa shape index (κ1) is 12.3. The molecule has 0 aliphatic carbocycles. The van der Waals surface area contributed by atoms with Gasteiger partial charge in [-0.15, -0.1) is 0 Å². The number of rotatable bonds is 1. The summed E-state index contributed by atoms with van der Waals surface area (Å²) in [4.78, 5) is 13.3. The predicted octanol–water partition coefficient (Wildman–Crippen LogP) is 3.20. The van der Waals surface area contributed by atoms with Gasteiger partial charge in [-0.1, -0.05) is 6.07 Å². The van der Waals surface area contributed by atoms with Gasteiger partial charge in [-0.2, -0.15) is 13.2 Å². The predicted molar refractivity (Wildman–Crippen MR) is 57.5 cm³/mol. The standard InChI is InChI=1S/C12H7F4NO/c13-9-5-4-7(12(14,15)16)6-8(9)10-2-1-3-11(18)17-10/h1-6H,(H,17,18). The zero-order chi connectivity index (χ0) is 13.3. The number of alkyl halides is 3. The number of hydrogen-bond acceptors (Lipinski definition) is 1. The average molecular weight is 257 g/mol. The van der Waals surface area contributed by atoms with Gasteiger partial charge in [-0.05, 0) is 24.3 Å². The second-order valence-corrected chi connectivity index (χ2v) is 3.62. The highest BCUT2D eigenvalue weighted by Gasteiger charge is 2.31. The Morgan fingerprint density at radius 3 is 2.39 bits per heavy atom. The van der Waals surface area contributed by atoms with E-state index in [9.17, 15) is 22.4 Å². The van der Waals surface area contributed by atoms with E-state index in [1.165, 1.54) is 18.2 Å². The van der Waals surface area contributed by atoms with E-state index in [2.05, 4.69) is 4.98 Å². The Morgan fingerprint density at radius 1 is 1.06 bits per heavy atom. The van der Waals surface area contributed by atoms with Gasteiger partial charge in [0.1, 0.15) is 5.82 Å². The Hall–Kier alpha value is -2.11. The molecule has 0 amide bonds. The number of H-pyrrole nitrogens is 1. The van der Waals surface area contributed by atoms with Crippen LogP contribution in [0.4, 0.5) is 17.6 Å². The highest BCUT2D eigenvalue weighted by atomic mass is 19.4. The lowest BCUT2D eigenvalue weighted by Crippen LogP contribution is -2.07. The summed E-state index contributed by atoms with van der Waals surface area (Å²) in [7, 11) is 0. The molecule has 0 saturated heterocycles. The summed E-state index contributed by atoms with van der Waals surface area (Å²) in [5, 5.41) is 0. The van der Waals surface area contributed by atoms with Gasteiger partial charge in [0, 0.05) is 11.6 Å². The van der Waals surface area contributed by atoms with Crippen molar-refractivity contribution in [3.8, 4) is 11.3 Å². The monoisotopic (exact) mass is 257 g/mol. The van der Waals surface area contributed by atoms with Crippen LogP contribution in [0.25, 0.3) is 11.3 Å². The first-order valence-corrected chi connectivity index (χ1v) is 4.94. The van der Waals surface area contributed by atoms with Crippen LogP contribution in [-0.4, -0.2) is 4.98 Å². The van der Waals surface area contributed by atoms with Crippen LogP contribution in [-0.2, 0) is 6.18 Å². The van der Waals surface area contributed by atoms with E-state index in [0.717, 1.165) is 6.07 Å². The highest BCUT2D eigenvalue weighted by molar-refractivity contribution is 5.60. The van der Waals surface area contributed by atoms with Crippen LogP contribution >= 0.6 is 0 Å². The van der Waals surface area contributed by atoms with Crippen LogP contribution in [0.15, 0.2) is 41.2 Å². The maximum Gasteiger partial charge on any atom is 0.416 e. The van der Waals surface area contributed by atoms with Gasteiger partial charge < -0.3 is 4.98 Å². The summed E-state index contributed by atoms with van der Waals surface area (Å²) in [6.45, 7) is 0. The Bertz CT molecular complexity index is 630. The van der Waals surface area contributed by atoms with E-state index >= 15 is 0 Å². The van der Waals surface area contributed by atoms with Gasteiger partial charge in [0.05, 0.1) is 11.3 Å². The molecule has 94 valence electrons. The minimum absolute atomic E-state index is 0.00565. The third-order valence-corrected chi connectivity index (χ3v) is 2.35. The second kappa shape index (κ2) is 4.29. The maximum absolute atomic E-state index is 13.5. The Balaban J connectivity index is 2.60. The lowest BCUT2D eigenvalue weighted by atomic mass is 10.1. The minimum Gasteiger partial charge on any atom is -0.322 e. The van der Waals surface area contributed by atoms with Crippen LogP contribution in [0, 0.1) is 5.82 Å². The molecule has 2 nitrogen and oxygen atoms in total. The van der Waals surface area contributed by atoms with Gasteiger partial charge in [-0.3, -0.25) is 4.79 Å². The van der Waals surface area contributed by atoms with Crippen molar-refractivity contribution in [3.05, 3.63) is 58.1 Å². The van der Waals surface area contributed by atoms with Crippen molar-refractivity contribution < 1.29 is 17.6 Å². The molecule has 0 saturated carbocycles. The van der Waals surface area contributed by atoms with Crippen molar-refractivity contribution in [3.63, 3.8) is 0 Å². The van der Waals surface area contributed by atoms with Crippen molar-refractivity contribution in [2.24, 2.45) is 0 Å². The Kier molecular flexibility index (Phi) is 2.94. The Morgan fingerprint density at radius 2 is 1.78 bits per heavy atom. The Labute approximate surface area is 98.9 Å². The third-order valence-electron chi connectivity index (χ3n) is 2.35. The van der Waals surface area contributed by atoms with E-state index in [1.807, 2.05) is 0 Å². The summed E-state index contributed by atoms with van der Waals surface area (Å²) in [6, 6.07) is 5.91. The zero-order valence-corrected chi connectivity index (χ0v) is 8.88. The van der Waals surface area contributed by atoms with Crippen LogP contribution in [0.5, 0.6) is 0 Å². The lowest BCUT2D eigenvalue weighted by molar-refractivity contribution is -0.137. The molecule has 18 heavy (non-hydrogen) atoms. The topological polar surface area (TPSA) is 32.9 Å². The first-order valence-electron chi connectivity index (χ1n) is 4.94. The molecule has 1 aromatic heterocycles. The first-order chi connectivity index (χ1) is 8.38. The fraction of sp³-hybridized carbons (Fsp3) is 0.0833. The molecule has 6 heteroatoms. The molecule has 0 spiro atoms. The summed E-state index contributed by atoms with van der Waals surface area (Å²) in [5.41, 5.74) is -1.76. The normalized spacial score (nSPS) is 11.6. The molecular formula is C12H7F4NO. The van der Waals surface area contributed by atoms with Crippen LogP contribution in [0.3, 0.4) is 0 Å². The fourth-order valence-electron chi connectivity index (χ4n) is 1.51. The number of aromatic nitrogens is 1. The van der Waals surface area contributed by atoms with Crippen molar-refractivity contribution >= 4 is 0 Å². The summed E-state index contributed by atoms with van der Waals surface area (Å²) in [6.07, 6.45) is -4.56. The summed E-state index contributed by atoms with van der Waals surface area (Å²) in [5.74, 6) is -0.829. The molecule has 0 unspecified atom stereocenters. The average Bonchev–Trinajstić information content (AvgIpc) is 2.28. The molecular weight excluding hydrogens is 250 g/mol. The molecule has 0 aliphatic rings. The molecule has 0 atom stereocenters. The number of pyridine rings is 1. The lowest BCUT2D eigenvalue weighted by Gasteiger charge is -2.09. The van der Waals surface area contributed by atoms with E-state index < -0.39 is 23.1 Å². The van der Waals surface area contributed by atoms with E-state index in [4.69, 9.17) is 0 Å². The van der Waals surface area contributed by atoms with E-state index in [0.29, 0.717) is 12.1 Å². The van der Waals surface area contributed by atoms with Crippen molar-refractivity contribution in [1.29, 1.82) is 0 Å². The SMILES string of the molecule is O=c1cccc(-c2cc(C(F)(F)F)ccc2F)[nH]1. The summed E-state index contributed by atoms with van der Waals surface area (Å²) >= 11 is 0. The smallest absolute Gasteiger partial charge is 0.322 e. The van der Waals surface area contributed by atoms with Gasteiger partial charge in [0.25, 0.3) is 0 Å². The van der Waals surface area contributed by atoms with Gasteiger partial charge in [0.15, 0.2) is 0 Å². The molecule has 1 aromatic carbocycles. The van der Waals surface area contributed by atoms with Crippen LogP contribution < -0.4 is 5.56 Å². The highest BCUT2D eigenvalue weighted by Crippen LogP contribution is 2.32. The molecule has 2 aromatic rings. The van der Waals surface area contributed by atoms with Crippen molar-refractivity contribution in [2.45, 2.75) is 6.18 Å². The molecule has 0 aliphatic heterocycles. The molecule has 1 N–H and O–H groups in total. The maximum atomic E-state index is 13.5. The van der Waals surface area contributed by atoms with Crippen LogP contribution in [0.1, 0.15) is 5.56 Å². The second-order valence-electron chi connectivity index (χ2n) is 3.62. The molecule has 0 bridgehead atoms. The molecule has 0 radical (unpaired) electrons. The van der Waals surface area contributed by atoms with Crippen molar-refractivity contribution in [2.75, 3.05) is 0 Å². The van der Waals surface area contributed by atoms with Gasteiger partial charge in [-0.25, -0.2) is 4.39 Å². The molecule has 2 rings (SSSR count). The quantitative estimate of drug-likeness (QED) is 0.782. The van der Waals surface area contributed by atoms with E-state index in [-0.39, 0.29) is 11.3 Å².